The zero-order valence-corrected chi connectivity index (χ0v) is 21.2. The van der Waals surface area contributed by atoms with Gasteiger partial charge >= 0.3 is 0 Å². The van der Waals surface area contributed by atoms with Gasteiger partial charge < -0.3 is 10.1 Å². The summed E-state index contributed by atoms with van der Waals surface area (Å²) >= 11 is 3.33. The standard InChI is InChI=1S/C25H27BrN2O4S/c1-18-4-6-20(7-5-18)16-28(33(30,31)24-14-10-22(26)11-15-24)17-25(29)27-19(2)21-8-12-23(32-3)13-9-21/h4-15,19H,16-17H2,1-3H3,(H,27,29). The summed E-state index contributed by atoms with van der Waals surface area (Å²) in [4.78, 5) is 13.0. The van der Waals surface area contributed by atoms with Crippen molar-refractivity contribution < 1.29 is 17.9 Å². The fourth-order valence-corrected chi connectivity index (χ4v) is 4.95. The number of nitrogens with one attached hydrogen (secondary N) is 1. The number of rotatable bonds is 9. The highest BCUT2D eigenvalue weighted by atomic mass is 79.9. The lowest BCUT2D eigenvalue weighted by Crippen LogP contribution is -2.41. The molecule has 0 heterocycles. The van der Waals surface area contributed by atoms with Crippen LogP contribution in [0.5, 0.6) is 5.75 Å². The van der Waals surface area contributed by atoms with Crippen molar-refractivity contribution in [2.45, 2.75) is 31.3 Å². The Kier molecular flexibility index (Phi) is 8.29. The third-order valence-electron chi connectivity index (χ3n) is 5.24. The van der Waals surface area contributed by atoms with Gasteiger partial charge in [-0.1, -0.05) is 57.9 Å². The predicted octanol–water partition coefficient (Wildman–Crippen LogP) is 4.83. The lowest BCUT2D eigenvalue weighted by atomic mass is 10.1. The highest BCUT2D eigenvalue weighted by Gasteiger charge is 2.27. The van der Waals surface area contributed by atoms with Crippen molar-refractivity contribution in [3.05, 3.63) is 94.0 Å². The fourth-order valence-electron chi connectivity index (χ4n) is 3.30. The minimum atomic E-state index is -3.90. The molecule has 0 aliphatic heterocycles. The van der Waals surface area contributed by atoms with E-state index in [0.717, 1.165) is 26.9 Å². The average Bonchev–Trinajstić information content (AvgIpc) is 2.80. The SMILES string of the molecule is COc1ccc(C(C)NC(=O)CN(Cc2ccc(C)cc2)S(=O)(=O)c2ccc(Br)cc2)cc1. The Morgan fingerprint density at radius 2 is 1.61 bits per heavy atom. The second kappa shape index (κ2) is 11.0. The summed E-state index contributed by atoms with van der Waals surface area (Å²) in [6, 6.07) is 21.1. The van der Waals surface area contributed by atoms with Gasteiger partial charge in [-0.3, -0.25) is 4.79 Å². The molecule has 0 aliphatic carbocycles. The number of hydrogen-bond acceptors (Lipinski definition) is 4. The molecule has 0 bridgehead atoms. The van der Waals surface area contributed by atoms with Crippen LogP contribution in [0.2, 0.25) is 0 Å². The van der Waals surface area contributed by atoms with Gasteiger partial charge in [0.15, 0.2) is 0 Å². The van der Waals surface area contributed by atoms with E-state index in [9.17, 15) is 13.2 Å². The molecule has 0 fully saturated rings. The quantitative estimate of drug-likeness (QED) is 0.429. The van der Waals surface area contributed by atoms with Crippen LogP contribution in [0.25, 0.3) is 0 Å². The van der Waals surface area contributed by atoms with Crippen molar-refractivity contribution in [3.8, 4) is 5.75 Å². The van der Waals surface area contributed by atoms with E-state index in [-0.39, 0.29) is 29.9 Å². The molecule has 1 amide bonds. The lowest BCUT2D eigenvalue weighted by Gasteiger charge is -2.23. The monoisotopic (exact) mass is 530 g/mol. The molecule has 33 heavy (non-hydrogen) atoms. The van der Waals surface area contributed by atoms with E-state index in [2.05, 4.69) is 21.2 Å². The Labute approximate surface area is 203 Å². The van der Waals surface area contributed by atoms with Crippen molar-refractivity contribution in [2.75, 3.05) is 13.7 Å². The summed E-state index contributed by atoms with van der Waals surface area (Å²) in [5.41, 5.74) is 2.77. The van der Waals surface area contributed by atoms with E-state index in [0.29, 0.717) is 0 Å². The second-order valence-electron chi connectivity index (χ2n) is 7.77. The molecule has 1 N–H and O–H groups in total. The van der Waals surface area contributed by atoms with Gasteiger partial charge in [-0.2, -0.15) is 4.31 Å². The smallest absolute Gasteiger partial charge is 0.243 e. The number of carbonyl (C=O) groups is 1. The first-order chi connectivity index (χ1) is 15.7. The Morgan fingerprint density at radius 3 is 2.18 bits per heavy atom. The third kappa shape index (κ3) is 6.66. The molecule has 1 unspecified atom stereocenters. The zero-order chi connectivity index (χ0) is 24.0. The maximum atomic E-state index is 13.4. The largest absolute Gasteiger partial charge is 0.497 e. The molecule has 0 saturated carbocycles. The topological polar surface area (TPSA) is 75.7 Å². The second-order valence-corrected chi connectivity index (χ2v) is 10.6. The molecule has 0 saturated heterocycles. The predicted molar refractivity (Wildman–Crippen MR) is 132 cm³/mol. The molecular formula is C25H27BrN2O4S. The molecular weight excluding hydrogens is 504 g/mol. The number of amides is 1. The Hall–Kier alpha value is -2.68. The number of ether oxygens (including phenoxy) is 1. The van der Waals surface area contributed by atoms with Gasteiger partial charge in [-0.25, -0.2) is 8.42 Å². The molecule has 3 aromatic rings. The van der Waals surface area contributed by atoms with Crippen molar-refractivity contribution in [3.63, 3.8) is 0 Å². The first-order valence-electron chi connectivity index (χ1n) is 10.4. The normalized spacial score (nSPS) is 12.4. The van der Waals surface area contributed by atoms with E-state index in [1.807, 2.05) is 62.4 Å². The summed E-state index contributed by atoms with van der Waals surface area (Å²) < 4.78 is 33.9. The number of halogens is 1. The van der Waals surface area contributed by atoms with E-state index >= 15 is 0 Å². The van der Waals surface area contributed by atoms with Crippen LogP contribution in [0.15, 0.2) is 82.2 Å². The van der Waals surface area contributed by atoms with Crippen LogP contribution in [0.1, 0.15) is 29.7 Å². The van der Waals surface area contributed by atoms with Crippen molar-refractivity contribution in [1.82, 2.24) is 9.62 Å². The molecule has 8 heteroatoms. The van der Waals surface area contributed by atoms with Gasteiger partial charge in [0, 0.05) is 11.0 Å². The van der Waals surface area contributed by atoms with E-state index in [4.69, 9.17) is 4.74 Å². The molecule has 0 aromatic heterocycles. The van der Waals surface area contributed by atoms with Crippen LogP contribution in [0.4, 0.5) is 0 Å². The van der Waals surface area contributed by atoms with Crippen LogP contribution in [0, 0.1) is 6.92 Å². The summed E-state index contributed by atoms with van der Waals surface area (Å²) in [7, 11) is -2.30. The van der Waals surface area contributed by atoms with E-state index < -0.39 is 10.0 Å². The third-order valence-corrected chi connectivity index (χ3v) is 7.58. The molecule has 6 nitrogen and oxygen atoms in total. The first-order valence-corrected chi connectivity index (χ1v) is 12.7. The lowest BCUT2D eigenvalue weighted by molar-refractivity contribution is -0.122. The van der Waals surface area contributed by atoms with Crippen molar-refractivity contribution in [1.29, 1.82) is 0 Å². The molecule has 174 valence electrons. The summed E-state index contributed by atoms with van der Waals surface area (Å²) in [6.45, 7) is 3.61. The van der Waals surface area contributed by atoms with Gasteiger partial charge in [0.1, 0.15) is 5.75 Å². The number of aryl methyl sites for hydroxylation is 1. The van der Waals surface area contributed by atoms with Gasteiger partial charge in [0.2, 0.25) is 15.9 Å². The Balaban J connectivity index is 1.81. The number of hydrogen-bond donors (Lipinski definition) is 1. The number of benzene rings is 3. The average molecular weight is 531 g/mol. The molecule has 0 aliphatic rings. The van der Waals surface area contributed by atoms with Crippen LogP contribution < -0.4 is 10.1 Å². The van der Waals surface area contributed by atoms with Gasteiger partial charge in [-0.15, -0.1) is 0 Å². The Morgan fingerprint density at radius 1 is 1.00 bits per heavy atom. The summed E-state index contributed by atoms with van der Waals surface area (Å²) in [6.07, 6.45) is 0. The van der Waals surface area contributed by atoms with E-state index in [1.54, 1.807) is 19.2 Å². The Bertz CT molecular complexity index is 1180. The minimum Gasteiger partial charge on any atom is -0.497 e. The highest BCUT2D eigenvalue weighted by molar-refractivity contribution is 9.10. The molecule has 0 radical (unpaired) electrons. The van der Waals surface area contributed by atoms with Crippen LogP contribution in [-0.4, -0.2) is 32.3 Å². The zero-order valence-electron chi connectivity index (χ0n) is 18.8. The fraction of sp³-hybridized carbons (Fsp3) is 0.240. The number of nitrogens with zero attached hydrogens (tertiary/aromatic N) is 1. The number of methoxy groups -OCH3 is 1. The van der Waals surface area contributed by atoms with Gasteiger partial charge in [0.25, 0.3) is 0 Å². The van der Waals surface area contributed by atoms with Crippen LogP contribution in [-0.2, 0) is 21.4 Å². The summed E-state index contributed by atoms with van der Waals surface area (Å²) in [5, 5.41) is 2.90. The molecule has 3 rings (SSSR count). The molecule has 3 aromatic carbocycles. The van der Waals surface area contributed by atoms with Gasteiger partial charge in [-0.05, 0) is 61.4 Å². The summed E-state index contributed by atoms with van der Waals surface area (Å²) in [5.74, 6) is 0.341. The number of sulfonamides is 1. The maximum absolute atomic E-state index is 13.4. The minimum absolute atomic E-state index is 0.0863. The maximum Gasteiger partial charge on any atom is 0.243 e. The van der Waals surface area contributed by atoms with Crippen molar-refractivity contribution >= 4 is 31.9 Å². The van der Waals surface area contributed by atoms with Gasteiger partial charge in [0.05, 0.1) is 24.6 Å². The molecule has 0 spiro atoms. The molecule has 1 atom stereocenters. The van der Waals surface area contributed by atoms with Crippen molar-refractivity contribution in [2.24, 2.45) is 0 Å². The first kappa shape index (κ1) is 25.0. The number of carbonyl (C=O) groups excluding carboxylic acids is 1. The van der Waals surface area contributed by atoms with E-state index in [1.165, 1.54) is 16.4 Å². The highest BCUT2D eigenvalue weighted by Crippen LogP contribution is 2.22. The van der Waals surface area contributed by atoms with Crippen LogP contribution in [0.3, 0.4) is 0 Å². The van der Waals surface area contributed by atoms with Crippen LogP contribution >= 0.6 is 15.9 Å².